The molecule has 1 aromatic rings. The fraction of sp³-hybridized carbons (Fsp3) is 0.550. The van der Waals surface area contributed by atoms with Crippen LogP contribution in [0, 0.1) is 12.8 Å². The number of morpholine rings is 1. The van der Waals surface area contributed by atoms with E-state index < -0.39 is 18.0 Å². The fourth-order valence-corrected chi connectivity index (χ4v) is 3.47. The predicted molar refractivity (Wildman–Crippen MR) is 101 cm³/mol. The van der Waals surface area contributed by atoms with Gasteiger partial charge in [0.25, 0.3) is 5.91 Å². The average Bonchev–Trinajstić information content (AvgIpc) is 3.09. The van der Waals surface area contributed by atoms with E-state index in [0.29, 0.717) is 37.7 Å². The van der Waals surface area contributed by atoms with Gasteiger partial charge >= 0.3 is 5.97 Å². The Kier molecular flexibility index (Phi) is 6.18. The molecular weight excluding hydrogens is 364 g/mol. The van der Waals surface area contributed by atoms with Crippen molar-refractivity contribution in [3.8, 4) is 5.75 Å². The molecule has 0 N–H and O–H groups in total. The van der Waals surface area contributed by atoms with Crippen LogP contribution in [0.3, 0.4) is 0 Å². The van der Waals surface area contributed by atoms with Crippen molar-refractivity contribution >= 4 is 23.5 Å². The molecule has 8 heteroatoms. The molecule has 2 heterocycles. The minimum absolute atomic E-state index is 0.0500. The zero-order valence-electron chi connectivity index (χ0n) is 16.5. The summed E-state index contributed by atoms with van der Waals surface area (Å²) in [6, 6.07) is 5.55. The molecule has 0 unspecified atom stereocenters. The van der Waals surface area contributed by atoms with E-state index in [1.165, 1.54) is 0 Å². The van der Waals surface area contributed by atoms with Crippen LogP contribution in [0.5, 0.6) is 5.75 Å². The molecule has 0 radical (unpaired) electrons. The SMILES string of the molecule is COc1ccc(C)cc1N1C[C@@H](C(=O)O[C@H](C)C(=O)N2CCOCC2)CC1=O. The second kappa shape index (κ2) is 8.60. The Morgan fingerprint density at radius 3 is 2.64 bits per heavy atom. The van der Waals surface area contributed by atoms with Crippen LogP contribution in [0.1, 0.15) is 18.9 Å². The van der Waals surface area contributed by atoms with Crippen LogP contribution in [0.4, 0.5) is 5.69 Å². The first kappa shape index (κ1) is 20.1. The van der Waals surface area contributed by atoms with E-state index in [1.807, 2.05) is 19.1 Å². The van der Waals surface area contributed by atoms with Crippen molar-refractivity contribution in [2.75, 3.05) is 44.9 Å². The summed E-state index contributed by atoms with van der Waals surface area (Å²) in [7, 11) is 1.54. The van der Waals surface area contributed by atoms with Gasteiger partial charge in [-0.05, 0) is 31.5 Å². The zero-order valence-corrected chi connectivity index (χ0v) is 16.5. The number of methoxy groups -OCH3 is 1. The quantitative estimate of drug-likeness (QED) is 0.701. The van der Waals surface area contributed by atoms with Crippen LogP contribution in [-0.2, 0) is 23.9 Å². The van der Waals surface area contributed by atoms with E-state index in [2.05, 4.69) is 0 Å². The summed E-state index contributed by atoms with van der Waals surface area (Å²) in [6.45, 7) is 5.64. The van der Waals surface area contributed by atoms with Gasteiger partial charge in [-0.25, -0.2) is 0 Å². The summed E-state index contributed by atoms with van der Waals surface area (Å²) in [5, 5.41) is 0. The van der Waals surface area contributed by atoms with Gasteiger partial charge in [-0.1, -0.05) is 6.07 Å². The molecule has 2 aliphatic heterocycles. The van der Waals surface area contributed by atoms with Gasteiger partial charge in [-0.3, -0.25) is 14.4 Å². The van der Waals surface area contributed by atoms with Gasteiger partial charge < -0.3 is 24.0 Å². The number of hydrogen-bond acceptors (Lipinski definition) is 6. The summed E-state index contributed by atoms with van der Waals surface area (Å²) in [5.74, 6) is -0.978. The molecule has 3 rings (SSSR count). The smallest absolute Gasteiger partial charge is 0.312 e. The molecule has 2 saturated heterocycles. The van der Waals surface area contributed by atoms with Crippen LogP contribution in [0.15, 0.2) is 18.2 Å². The fourth-order valence-electron chi connectivity index (χ4n) is 3.47. The summed E-state index contributed by atoms with van der Waals surface area (Å²) >= 11 is 0. The molecule has 0 bridgehead atoms. The highest BCUT2D eigenvalue weighted by Crippen LogP contribution is 2.34. The number of carbonyl (C=O) groups is 3. The number of carbonyl (C=O) groups excluding carboxylic acids is 3. The maximum Gasteiger partial charge on any atom is 0.312 e. The molecule has 28 heavy (non-hydrogen) atoms. The Bertz CT molecular complexity index is 759. The molecule has 0 saturated carbocycles. The Morgan fingerprint density at radius 1 is 1.25 bits per heavy atom. The topological polar surface area (TPSA) is 85.4 Å². The van der Waals surface area contributed by atoms with Crippen molar-refractivity contribution in [1.82, 2.24) is 4.90 Å². The number of amides is 2. The van der Waals surface area contributed by atoms with Crippen LogP contribution in [0.2, 0.25) is 0 Å². The molecule has 2 fully saturated rings. The van der Waals surface area contributed by atoms with Crippen molar-refractivity contribution < 1.29 is 28.6 Å². The molecule has 0 spiro atoms. The number of hydrogen-bond donors (Lipinski definition) is 0. The molecule has 8 nitrogen and oxygen atoms in total. The average molecular weight is 390 g/mol. The van der Waals surface area contributed by atoms with Crippen molar-refractivity contribution in [3.63, 3.8) is 0 Å². The highest BCUT2D eigenvalue weighted by atomic mass is 16.5. The zero-order chi connectivity index (χ0) is 20.3. The molecule has 0 aromatic heterocycles. The van der Waals surface area contributed by atoms with E-state index in [1.54, 1.807) is 29.9 Å². The Balaban J connectivity index is 1.63. The first-order valence-corrected chi connectivity index (χ1v) is 9.42. The lowest BCUT2D eigenvalue weighted by Gasteiger charge is -2.29. The summed E-state index contributed by atoms with van der Waals surface area (Å²) < 4.78 is 16.0. The largest absolute Gasteiger partial charge is 0.495 e. The lowest BCUT2D eigenvalue weighted by Crippen LogP contribution is -2.46. The minimum atomic E-state index is -0.886. The molecule has 2 amide bonds. The molecular formula is C20H26N2O6. The van der Waals surface area contributed by atoms with E-state index in [-0.39, 0.29) is 24.8 Å². The van der Waals surface area contributed by atoms with Gasteiger partial charge in [-0.2, -0.15) is 0 Å². The standard InChI is InChI=1S/C20H26N2O6/c1-13-4-5-17(26-3)16(10-13)22-12-15(11-18(22)23)20(25)28-14(2)19(24)21-6-8-27-9-7-21/h4-5,10,14-15H,6-9,11-12H2,1-3H3/t14-,15+/m1/s1. The van der Waals surface area contributed by atoms with Crippen molar-refractivity contribution in [2.45, 2.75) is 26.4 Å². The Morgan fingerprint density at radius 2 is 1.96 bits per heavy atom. The van der Waals surface area contributed by atoms with Gasteiger partial charge in [0.15, 0.2) is 6.10 Å². The number of esters is 1. The molecule has 0 aliphatic carbocycles. The van der Waals surface area contributed by atoms with E-state index >= 15 is 0 Å². The molecule has 152 valence electrons. The van der Waals surface area contributed by atoms with E-state index in [9.17, 15) is 14.4 Å². The maximum absolute atomic E-state index is 12.6. The third-order valence-corrected chi connectivity index (χ3v) is 5.05. The van der Waals surface area contributed by atoms with E-state index in [4.69, 9.17) is 14.2 Å². The monoisotopic (exact) mass is 390 g/mol. The van der Waals surface area contributed by atoms with Gasteiger partial charge in [0.2, 0.25) is 5.91 Å². The van der Waals surface area contributed by atoms with Crippen molar-refractivity contribution in [1.29, 1.82) is 0 Å². The lowest BCUT2D eigenvalue weighted by atomic mass is 10.1. The molecule has 2 atom stereocenters. The minimum Gasteiger partial charge on any atom is -0.495 e. The number of aryl methyl sites for hydroxylation is 1. The highest BCUT2D eigenvalue weighted by Gasteiger charge is 2.38. The van der Waals surface area contributed by atoms with Gasteiger partial charge in [-0.15, -0.1) is 0 Å². The normalized spacial score (nSPS) is 20.8. The molecule has 1 aromatic carbocycles. The van der Waals surface area contributed by atoms with Crippen molar-refractivity contribution in [2.24, 2.45) is 5.92 Å². The van der Waals surface area contributed by atoms with Crippen molar-refractivity contribution in [3.05, 3.63) is 23.8 Å². The Labute approximate surface area is 164 Å². The summed E-state index contributed by atoms with van der Waals surface area (Å²) in [4.78, 5) is 40.7. The second-order valence-electron chi connectivity index (χ2n) is 7.10. The van der Waals surface area contributed by atoms with Gasteiger partial charge in [0.1, 0.15) is 5.75 Å². The number of benzene rings is 1. The lowest BCUT2D eigenvalue weighted by molar-refractivity contribution is -0.163. The summed E-state index contributed by atoms with van der Waals surface area (Å²) in [5.41, 5.74) is 1.62. The van der Waals surface area contributed by atoms with Crippen LogP contribution < -0.4 is 9.64 Å². The van der Waals surface area contributed by atoms with Gasteiger partial charge in [0, 0.05) is 26.1 Å². The number of nitrogens with zero attached hydrogens (tertiary/aromatic N) is 2. The third-order valence-electron chi connectivity index (χ3n) is 5.05. The predicted octanol–water partition coefficient (Wildman–Crippen LogP) is 1.15. The first-order valence-electron chi connectivity index (χ1n) is 9.42. The Hall–Kier alpha value is -2.61. The third kappa shape index (κ3) is 4.27. The number of ether oxygens (including phenoxy) is 3. The van der Waals surface area contributed by atoms with Crippen LogP contribution >= 0.6 is 0 Å². The molecule has 2 aliphatic rings. The number of rotatable bonds is 5. The summed E-state index contributed by atoms with van der Waals surface area (Å²) in [6.07, 6.45) is -0.836. The second-order valence-corrected chi connectivity index (χ2v) is 7.10. The maximum atomic E-state index is 12.6. The van der Waals surface area contributed by atoms with Crippen LogP contribution in [0.25, 0.3) is 0 Å². The highest BCUT2D eigenvalue weighted by molar-refractivity contribution is 6.00. The van der Waals surface area contributed by atoms with Crippen LogP contribution in [-0.4, -0.2) is 68.7 Å². The number of anilines is 1. The first-order chi connectivity index (χ1) is 13.4. The van der Waals surface area contributed by atoms with E-state index in [0.717, 1.165) is 5.56 Å². The van der Waals surface area contributed by atoms with Gasteiger partial charge in [0.05, 0.1) is 31.9 Å².